The maximum Gasteiger partial charge on any atom is 0.417 e. The molecule has 0 radical (unpaired) electrons. The van der Waals surface area contributed by atoms with Crippen LogP contribution in [0.15, 0.2) is 104 Å². The van der Waals surface area contributed by atoms with E-state index in [-0.39, 0.29) is 47.5 Å². The van der Waals surface area contributed by atoms with Crippen LogP contribution in [0, 0.1) is 18.3 Å². The molecule has 5 fully saturated rings. The lowest BCUT2D eigenvalue weighted by atomic mass is 10.1. The Balaban J connectivity index is 0.000000157. The maximum absolute atomic E-state index is 13.5. The van der Waals surface area contributed by atoms with Crippen LogP contribution in [0.3, 0.4) is 0 Å². The first-order chi connectivity index (χ1) is 55.0. The number of fused-ring (bicyclic) bond motifs is 4. The van der Waals surface area contributed by atoms with Gasteiger partial charge in [-0.1, -0.05) is 0 Å². The number of carboxylic acids is 1. The van der Waals surface area contributed by atoms with E-state index >= 15 is 0 Å². The quantitative estimate of drug-likeness (QED) is 0.114. The Labute approximate surface area is 678 Å². The van der Waals surface area contributed by atoms with Crippen LogP contribution >= 0.6 is 0 Å². The molecule has 5 aliphatic heterocycles. The zero-order chi connectivity index (χ0) is 85.5. The van der Waals surface area contributed by atoms with Crippen molar-refractivity contribution in [2.45, 2.75) is 193 Å². The van der Waals surface area contributed by atoms with Crippen LogP contribution in [0.4, 0.5) is 50.8 Å². The van der Waals surface area contributed by atoms with Gasteiger partial charge in [0.1, 0.15) is 92.4 Å². The lowest BCUT2D eigenvalue weighted by Crippen LogP contribution is -2.48. The minimum atomic E-state index is -4.70. The standard InChI is InChI=1S/C22H21F3N6O.C19H26N4O3.C19H25N3O3.C14H18N4O.C10H17NO4/c1-13-11-16(22(23,24)25)15(12-26)20(27-13)31-9-4-5-17(31)21(32)30(3)18-7-6-14-8-10-29(2)19(14)28-18;1-19(2,3)26-18(25)23-11-6-7-14(23)17(24)22(5)15-9-8-13-10-12-21(4)16(13)20-15;1-19(2,3)25-18(24)22-10-5-6-15(22)16(23)12-14-8-7-13-9-11-21(4)17(13)20-14;1-17-9-7-10-5-6-12(16-13(10)17)18(2)14(19)11-4-3-8-15-11;1-10(2,3)15-9(14)11-6-4-5-7(11)8(12)13/h6-8,10-11,17H,4-5,9H2,1-3H3;8-10,12,14H,6-7,11H2,1-5H3;7-9,11,15H,5-6,10,12H2,1-4H3;5-7,9,11,15H,3-4,8H2,1-2H3;7H,4-6H2,1-3H3,(H,12,13)/t17-;14-;15-;11-;7-/m00000/s1. The number of aryl methyl sites for hydroxylation is 5. The summed E-state index contributed by atoms with van der Waals surface area (Å²) in [5.41, 5.74) is 0.831. The highest BCUT2D eigenvalue weighted by Crippen LogP contribution is 2.39. The molecule has 117 heavy (non-hydrogen) atoms. The van der Waals surface area contributed by atoms with Crippen molar-refractivity contribution in [3.05, 3.63) is 126 Å². The van der Waals surface area contributed by atoms with Gasteiger partial charge in [0.15, 0.2) is 5.78 Å². The van der Waals surface area contributed by atoms with E-state index in [9.17, 15) is 56.8 Å². The van der Waals surface area contributed by atoms with Crippen molar-refractivity contribution < 1.29 is 70.8 Å². The predicted molar refractivity (Wildman–Crippen MR) is 437 cm³/mol. The average molecular weight is 1620 g/mol. The van der Waals surface area contributed by atoms with Crippen molar-refractivity contribution in [3.8, 4) is 6.07 Å². The second-order valence-corrected chi connectivity index (χ2v) is 33.0. The number of carboxylic acid groups (broad SMARTS) is 1. The van der Waals surface area contributed by atoms with Gasteiger partial charge in [0.2, 0.25) is 5.91 Å². The topological polar surface area (TPSA) is 327 Å². The Kier molecular flexibility index (Phi) is 27.1. The predicted octanol–water partition coefficient (Wildman–Crippen LogP) is 12.6. The molecule has 30 nitrogen and oxygen atoms in total. The van der Waals surface area contributed by atoms with E-state index in [4.69, 9.17) is 19.3 Å². The number of likely N-dealkylation sites (N-methyl/N-ethyl adjacent to an activating group) is 3. The molecule has 5 aliphatic rings. The van der Waals surface area contributed by atoms with E-state index in [0.717, 1.165) is 88.9 Å². The Hall–Kier alpha value is -11.7. The number of nitrogens with one attached hydrogen (secondary N) is 1. The molecule has 0 saturated carbocycles. The molecule has 14 rings (SSSR count). The number of Topliss-reactive ketones (excluding diaryl/α,β-unsaturated/α-hetero) is 1. The van der Waals surface area contributed by atoms with Crippen LogP contribution in [0.25, 0.3) is 44.1 Å². The fourth-order valence-corrected chi connectivity index (χ4v) is 14.7. The number of anilines is 4. The molecular weight excluding hydrogens is 1510 g/mol. The fraction of sp³-hybridized carbons (Fsp3) is 0.500. The van der Waals surface area contributed by atoms with Crippen LogP contribution in [0.1, 0.15) is 149 Å². The molecule has 2 N–H and O–H groups in total. The van der Waals surface area contributed by atoms with Gasteiger partial charge in [-0.05, 0) is 219 Å². The number of amides is 6. The zero-order valence-electron chi connectivity index (χ0n) is 69.7. The van der Waals surface area contributed by atoms with E-state index in [0.29, 0.717) is 81.4 Å². The average Bonchev–Trinajstić information content (AvgIpc) is 1.75. The summed E-state index contributed by atoms with van der Waals surface area (Å²) in [7, 11) is 12.7. The molecule has 9 aromatic rings. The van der Waals surface area contributed by atoms with E-state index in [1.807, 2.05) is 180 Å². The number of pyridine rings is 5. The molecule has 14 heterocycles. The second-order valence-electron chi connectivity index (χ2n) is 33.0. The molecule has 0 aliphatic carbocycles. The van der Waals surface area contributed by atoms with Crippen molar-refractivity contribution in [2.75, 3.05) is 73.5 Å². The molecule has 5 saturated heterocycles. The smallest absolute Gasteiger partial charge is 0.417 e. The number of hydrogen-bond acceptors (Lipinski definition) is 19. The molecular formula is C84H107F3N18O12. The van der Waals surface area contributed by atoms with Crippen LogP contribution < -0.4 is 24.9 Å². The first kappa shape index (κ1) is 87.7. The van der Waals surface area contributed by atoms with Crippen molar-refractivity contribution in [2.24, 2.45) is 28.2 Å². The van der Waals surface area contributed by atoms with Gasteiger partial charge in [-0.3, -0.25) is 48.6 Å². The van der Waals surface area contributed by atoms with Gasteiger partial charge in [0.05, 0.1) is 29.8 Å². The van der Waals surface area contributed by atoms with Gasteiger partial charge in [-0.25, -0.2) is 44.1 Å². The van der Waals surface area contributed by atoms with Crippen LogP contribution in [0.2, 0.25) is 0 Å². The summed E-state index contributed by atoms with van der Waals surface area (Å²) < 4.78 is 64.3. The third-order valence-electron chi connectivity index (χ3n) is 20.6. The minimum absolute atomic E-state index is 0.0180. The number of likely N-dealkylation sites (tertiary alicyclic amines) is 3. The number of aliphatic carboxylic acids is 1. The highest BCUT2D eigenvalue weighted by molar-refractivity contribution is 6.01. The van der Waals surface area contributed by atoms with Gasteiger partial charge in [-0.2, -0.15) is 18.4 Å². The first-order valence-corrected chi connectivity index (χ1v) is 39.2. The number of nitriles is 1. The van der Waals surface area contributed by atoms with Crippen LogP contribution in [0.5, 0.6) is 0 Å². The number of ketones is 1. The summed E-state index contributed by atoms with van der Waals surface area (Å²) in [6.45, 7) is 20.5. The largest absolute Gasteiger partial charge is 0.480 e. The molecule has 0 unspecified atom stereocenters. The molecule has 0 aromatic carbocycles. The number of carbonyl (C=O) groups excluding carboxylic acids is 7. The normalized spacial score (nSPS) is 18.1. The zero-order valence-corrected chi connectivity index (χ0v) is 69.7. The maximum atomic E-state index is 13.5. The highest BCUT2D eigenvalue weighted by atomic mass is 19.4. The third kappa shape index (κ3) is 21.3. The van der Waals surface area contributed by atoms with Gasteiger partial charge in [0, 0.05) is 128 Å². The number of ether oxygens (including phenoxy) is 3. The summed E-state index contributed by atoms with van der Waals surface area (Å²) in [6.07, 6.45) is 9.04. The van der Waals surface area contributed by atoms with E-state index in [1.54, 1.807) is 63.8 Å². The molecule has 6 amide bonds. The molecule has 626 valence electrons. The monoisotopic (exact) mass is 1620 g/mol. The van der Waals surface area contributed by atoms with E-state index < -0.39 is 82.5 Å². The van der Waals surface area contributed by atoms with E-state index in [2.05, 4.69) is 30.2 Å². The number of hydrogen-bond donors (Lipinski definition) is 2. The minimum Gasteiger partial charge on any atom is -0.480 e. The highest BCUT2D eigenvalue weighted by Gasteiger charge is 2.43. The Bertz CT molecular complexity index is 5190. The fourth-order valence-electron chi connectivity index (χ4n) is 14.7. The van der Waals surface area contributed by atoms with Crippen molar-refractivity contribution in [1.82, 2.24) is 63.2 Å². The van der Waals surface area contributed by atoms with Gasteiger partial charge >= 0.3 is 30.4 Å². The SMILES string of the molecule is CC(C)(C)OC(=O)N1CCC[C@H]1C(=O)O.CN(C(=O)[C@@H]1CCCN1)c1ccc2ccn(C)c2n1.CN(C(=O)[C@@H]1CCCN1C(=O)OC(C)(C)C)c1ccc2ccn(C)c2n1.Cc1cc(C(F)(F)F)c(C#N)c(N2CCC[C@H]2C(=O)N(C)c2ccc3ccn(C)c3n2)n1.Cn1ccc2ccc(CC(=O)[C@@H]3CCCN3C(=O)OC(C)(C)C)nc21. The Morgan fingerprint density at radius 3 is 1.28 bits per heavy atom. The van der Waals surface area contributed by atoms with Crippen molar-refractivity contribution >= 4 is 115 Å². The van der Waals surface area contributed by atoms with Crippen LogP contribution in [-0.4, -0.2) is 212 Å². The van der Waals surface area contributed by atoms with Gasteiger partial charge in [0.25, 0.3) is 11.8 Å². The molecule has 0 spiro atoms. The molecule has 33 heteroatoms. The summed E-state index contributed by atoms with van der Waals surface area (Å²) >= 11 is 0. The third-order valence-corrected chi connectivity index (χ3v) is 20.6. The summed E-state index contributed by atoms with van der Waals surface area (Å²) in [6, 6.07) is 23.1. The molecule has 5 atom stereocenters. The Morgan fingerprint density at radius 1 is 0.496 bits per heavy atom. The van der Waals surface area contributed by atoms with Gasteiger partial charge in [-0.15, -0.1) is 0 Å². The second kappa shape index (κ2) is 36.2. The summed E-state index contributed by atoms with van der Waals surface area (Å²) in [5.74, 6) is 0.299. The lowest BCUT2D eigenvalue weighted by Gasteiger charge is -2.30. The van der Waals surface area contributed by atoms with Crippen molar-refractivity contribution in [1.29, 1.82) is 5.26 Å². The Morgan fingerprint density at radius 2 is 0.872 bits per heavy atom. The van der Waals surface area contributed by atoms with E-state index in [1.165, 1.54) is 31.4 Å². The molecule has 0 bridgehead atoms. The van der Waals surface area contributed by atoms with Gasteiger partial charge < -0.3 is 47.8 Å². The summed E-state index contributed by atoms with van der Waals surface area (Å²) in [4.78, 5) is 132. The number of alkyl halides is 3. The lowest BCUT2D eigenvalue weighted by molar-refractivity contribution is -0.142. The van der Waals surface area contributed by atoms with Crippen LogP contribution in [-0.2, 0) is 79.0 Å². The molecule has 9 aromatic heterocycles. The number of halogens is 3. The number of aromatic nitrogens is 9. The summed E-state index contributed by atoms with van der Waals surface area (Å²) in [5, 5.41) is 25.7. The number of rotatable bonds is 11. The number of carbonyl (C=O) groups is 8. The number of nitrogens with zero attached hydrogens (tertiary/aromatic N) is 17. The van der Waals surface area contributed by atoms with Crippen molar-refractivity contribution in [3.63, 3.8) is 0 Å². The first-order valence-electron chi connectivity index (χ1n) is 39.2.